The van der Waals surface area contributed by atoms with Crippen LogP contribution in [0.5, 0.6) is 0 Å². The third-order valence-electron chi connectivity index (χ3n) is 3.32. The van der Waals surface area contributed by atoms with E-state index in [2.05, 4.69) is 16.9 Å². The lowest BCUT2D eigenvalue weighted by Gasteiger charge is -2.36. The number of rotatable bonds is 3. The van der Waals surface area contributed by atoms with Gasteiger partial charge in [-0.25, -0.2) is 4.98 Å². The van der Waals surface area contributed by atoms with Crippen LogP contribution in [0.1, 0.15) is 5.56 Å². The van der Waals surface area contributed by atoms with Crippen LogP contribution < -0.4 is 11.5 Å². The minimum absolute atomic E-state index is 0.124. The number of nitrogens with two attached hydrogens (primary N) is 2. The van der Waals surface area contributed by atoms with Gasteiger partial charge in [-0.2, -0.15) is 11.8 Å². The molecule has 2 unspecified atom stereocenters. The maximum Gasteiger partial charge on any atom is 0.126 e. The smallest absolute Gasteiger partial charge is 0.126 e. The van der Waals surface area contributed by atoms with Crippen LogP contribution in [0.4, 0.5) is 5.82 Å². The summed E-state index contributed by atoms with van der Waals surface area (Å²) in [6.07, 6.45) is 2.52. The number of hydrogen-bond acceptors (Lipinski definition) is 5. The fourth-order valence-corrected chi connectivity index (χ4v) is 3.50. The first-order chi connectivity index (χ1) is 8.18. The van der Waals surface area contributed by atoms with E-state index in [4.69, 9.17) is 11.5 Å². The zero-order chi connectivity index (χ0) is 12.3. The van der Waals surface area contributed by atoms with Crippen molar-refractivity contribution >= 4 is 17.6 Å². The molecule has 1 saturated heterocycles. The summed E-state index contributed by atoms with van der Waals surface area (Å²) in [5, 5.41) is 0. The number of pyridine rings is 1. The number of anilines is 1. The summed E-state index contributed by atoms with van der Waals surface area (Å²) in [5.74, 6) is 2.92. The zero-order valence-electron chi connectivity index (χ0n) is 10.2. The maximum atomic E-state index is 6.30. The van der Waals surface area contributed by atoms with E-state index in [0.717, 1.165) is 24.3 Å². The number of nitrogens with zero attached hydrogens (tertiary/aromatic N) is 2. The van der Waals surface area contributed by atoms with Gasteiger partial charge in [0.05, 0.1) is 0 Å². The van der Waals surface area contributed by atoms with Crippen molar-refractivity contribution < 1.29 is 0 Å². The van der Waals surface area contributed by atoms with Crippen molar-refractivity contribution in [3.63, 3.8) is 0 Å². The number of nitrogen functional groups attached to an aromatic ring is 1. The van der Waals surface area contributed by atoms with Crippen molar-refractivity contribution in [3.05, 3.63) is 23.9 Å². The average molecular weight is 252 g/mol. The van der Waals surface area contributed by atoms with Crippen molar-refractivity contribution in [2.45, 2.75) is 18.5 Å². The van der Waals surface area contributed by atoms with E-state index < -0.39 is 0 Å². The first kappa shape index (κ1) is 12.7. The summed E-state index contributed by atoms with van der Waals surface area (Å²) in [6.45, 7) is 1.12. The molecule has 0 amide bonds. The van der Waals surface area contributed by atoms with Crippen LogP contribution in [0.15, 0.2) is 18.3 Å². The van der Waals surface area contributed by atoms with E-state index in [1.54, 1.807) is 6.20 Å². The topological polar surface area (TPSA) is 68.2 Å². The second kappa shape index (κ2) is 5.71. The average Bonchev–Trinajstić information content (AvgIpc) is 2.32. The van der Waals surface area contributed by atoms with Gasteiger partial charge in [-0.3, -0.25) is 0 Å². The predicted molar refractivity (Wildman–Crippen MR) is 74.1 cm³/mol. The summed E-state index contributed by atoms with van der Waals surface area (Å²) >= 11 is 1.98. The minimum Gasteiger partial charge on any atom is -0.383 e. The number of thioether (sulfide) groups is 1. The number of hydrogen-bond donors (Lipinski definition) is 2. The van der Waals surface area contributed by atoms with Crippen LogP contribution in [0.3, 0.4) is 0 Å². The Morgan fingerprint density at radius 3 is 3.18 bits per heavy atom. The quantitative estimate of drug-likeness (QED) is 0.823. The summed E-state index contributed by atoms with van der Waals surface area (Å²) < 4.78 is 0. The lowest BCUT2D eigenvalue weighted by Crippen LogP contribution is -2.51. The van der Waals surface area contributed by atoms with E-state index in [1.165, 1.54) is 5.75 Å². The molecule has 0 spiro atoms. The van der Waals surface area contributed by atoms with Gasteiger partial charge in [0.2, 0.25) is 0 Å². The van der Waals surface area contributed by atoms with Gasteiger partial charge in [-0.1, -0.05) is 6.07 Å². The molecule has 4 N–H and O–H groups in total. The SMILES string of the molecule is CN1CCSCC1C(N)Cc1cccnc1N. The highest BCUT2D eigenvalue weighted by molar-refractivity contribution is 7.99. The Morgan fingerprint density at radius 1 is 1.65 bits per heavy atom. The van der Waals surface area contributed by atoms with E-state index in [1.807, 2.05) is 23.9 Å². The summed E-state index contributed by atoms with van der Waals surface area (Å²) in [7, 11) is 2.15. The normalized spacial score (nSPS) is 23.5. The van der Waals surface area contributed by atoms with E-state index in [0.29, 0.717) is 11.9 Å². The Hall–Kier alpha value is -0.780. The van der Waals surface area contributed by atoms with Crippen molar-refractivity contribution in [1.82, 2.24) is 9.88 Å². The highest BCUT2D eigenvalue weighted by atomic mass is 32.2. The molecular formula is C12H20N4S. The fourth-order valence-electron chi connectivity index (χ4n) is 2.17. The molecule has 1 aromatic rings. The minimum atomic E-state index is 0.124. The summed E-state index contributed by atoms with van der Waals surface area (Å²) in [5.41, 5.74) is 13.2. The van der Waals surface area contributed by atoms with Gasteiger partial charge in [0.1, 0.15) is 5.82 Å². The third-order valence-corrected chi connectivity index (χ3v) is 4.37. The molecule has 1 aliphatic rings. The first-order valence-electron chi connectivity index (χ1n) is 5.91. The summed E-state index contributed by atoms with van der Waals surface area (Å²) in [6, 6.07) is 4.49. The van der Waals surface area contributed by atoms with Crippen molar-refractivity contribution in [2.75, 3.05) is 30.8 Å². The standard InChI is InChI=1S/C12H20N4S/c1-16-5-6-17-8-11(16)10(13)7-9-3-2-4-15-12(9)14/h2-4,10-11H,5-8,13H2,1H3,(H2,14,15). The third kappa shape index (κ3) is 3.12. The van der Waals surface area contributed by atoms with Gasteiger partial charge < -0.3 is 16.4 Å². The van der Waals surface area contributed by atoms with Gasteiger partial charge in [-0.05, 0) is 25.1 Å². The van der Waals surface area contributed by atoms with Crippen molar-refractivity contribution in [1.29, 1.82) is 0 Å². The maximum absolute atomic E-state index is 6.30. The molecule has 1 aromatic heterocycles. The highest BCUT2D eigenvalue weighted by Crippen LogP contribution is 2.19. The van der Waals surface area contributed by atoms with Gasteiger partial charge in [0.25, 0.3) is 0 Å². The summed E-state index contributed by atoms with van der Waals surface area (Å²) in [4.78, 5) is 6.45. The molecule has 17 heavy (non-hydrogen) atoms. The molecule has 2 heterocycles. The molecule has 94 valence electrons. The van der Waals surface area contributed by atoms with E-state index in [-0.39, 0.29) is 6.04 Å². The number of likely N-dealkylation sites (N-methyl/N-ethyl adjacent to an activating group) is 1. The lowest BCUT2D eigenvalue weighted by molar-refractivity contribution is 0.235. The Kier molecular flexibility index (Phi) is 4.25. The molecule has 4 nitrogen and oxygen atoms in total. The molecule has 0 bridgehead atoms. The first-order valence-corrected chi connectivity index (χ1v) is 7.07. The second-order valence-corrected chi connectivity index (χ2v) is 5.69. The van der Waals surface area contributed by atoms with Gasteiger partial charge in [0, 0.05) is 36.3 Å². The van der Waals surface area contributed by atoms with Crippen LogP contribution in [-0.2, 0) is 6.42 Å². The molecule has 5 heteroatoms. The Balaban J connectivity index is 2.01. The van der Waals surface area contributed by atoms with Crippen LogP contribution in [0.2, 0.25) is 0 Å². The molecule has 0 aromatic carbocycles. The molecule has 2 rings (SSSR count). The van der Waals surface area contributed by atoms with Crippen molar-refractivity contribution in [3.8, 4) is 0 Å². The molecule has 0 aliphatic carbocycles. The van der Waals surface area contributed by atoms with Crippen LogP contribution in [0.25, 0.3) is 0 Å². The fraction of sp³-hybridized carbons (Fsp3) is 0.583. The number of aromatic nitrogens is 1. The lowest BCUT2D eigenvalue weighted by atomic mass is 10.0. The highest BCUT2D eigenvalue weighted by Gasteiger charge is 2.25. The van der Waals surface area contributed by atoms with Crippen LogP contribution in [-0.4, -0.2) is 47.1 Å². The predicted octanol–water partition coefficient (Wildman–Crippen LogP) is 0.581. The van der Waals surface area contributed by atoms with Crippen molar-refractivity contribution in [2.24, 2.45) is 5.73 Å². The Labute approximate surface area is 107 Å². The van der Waals surface area contributed by atoms with Gasteiger partial charge >= 0.3 is 0 Å². The second-order valence-electron chi connectivity index (χ2n) is 4.54. The van der Waals surface area contributed by atoms with Gasteiger partial charge in [0.15, 0.2) is 0 Å². The van der Waals surface area contributed by atoms with Crippen LogP contribution >= 0.6 is 11.8 Å². The van der Waals surface area contributed by atoms with Crippen LogP contribution in [0, 0.1) is 0 Å². The molecule has 1 fully saturated rings. The zero-order valence-corrected chi connectivity index (χ0v) is 11.0. The Morgan fingerprint density at radius 2 is 2.47 bits per heavy atom. The molecule has 2 atom stereocenters. The Bertz CT molecular complexity index is 371. The molecule has 0 saturated carbocycles. The molecular weight excluding hydrogens is 232 g/mol. The van der Waals surface area contributed by atoms with E-state index >= 15 is 0 Å². The largest absolute Gasteiger partial charge is 0.383 e. The monoisotopic (exact) mass is 252 g/mol. The molecule has 1 aliphatic heterocycles. The van der Waals surface area contributed by atoms with Gasteiger partial charge in [-0.15, -0.1) is 0 Å². The van der Waals surface area contributed by atoms with E-state index in [9.17, 15) is 0 Å². The molecule has 0 radical (unpaired) electrons.